The fourth-order valence-electron chi connectivity index (χ4n) is 5.79. The van der Waals surface area contributed by atoms with Gasteiger partial charge in [-0.3, -0.25) is 14.8 Å². The summed E-state index contributed by atoms with van der Waals surface area (Å²) in [5.41, 5.74) is 8.92. The van der Waals surface area contributed by atoms with E-state index >= 15 is 4.39 Å². The molecule has 48 heavy (non-hydrogen) atoms. The number of aromatic nitrogens is 2. The molecule has 1 amide bonds. The normalized spacial score (nSPS) is 18.9. The SMILES string of the molecule is C/C=C1\C(=NC(C)CC)C(Br)=C(F)c2nc(OCC(C)(CCCC)CCCCC)nc(N3CCCN=C(/C=C(\N)C(=O)N(C)C)C3)c21.S. The lowest BCUT2D eigenvalue weighted by molar-refractivity contribution is -0.124. The molecule has 268 valence electrons. The number of carbonyl (C=O) groups excluding carboxylic acids is 1. The molecule has 0 saturated carbocycles. The van der Waals surface area contributed by atoms with Crippen LogP contribution in [-0.4, -0.2) is 78.6 Å². The van der Waals surface area contributed by atoms with Gasteiger partial charge in [0.15, 0.2) is 5.83 Å². The number of anilines is 1. The van der Waals surface area contributed by atoms with Crippen LogP contribution in [0.5, 0.6) is 6.01 Å². The summed E-state index contributed by atoms with van der Waals surface area (Å²) in [6.45, 7) is 14.6. The van der Waals surface area contributed by atoms with Crippen LogP contribution in [-0.2, 0) is 4.79 Å². The predicted molar refractivity (Wildman–Crippen MR) is 208 cm³/mol. The second-order valence-corrected chi connectivity index (χ2v) is 14.0. The summed E-state index contributed by atoms with van der Waals surface area (Å²) in [5.74, 6) is -0.239. The zero-order valence-corrected chi connectivity index (χ0v) is 32.8. The topological polar surface area (TPSA) is 109 Å². The van der Waals surface area contributed by atoms with E-state index in [1.54, 1.807) is 20.2 Å². The Bertz CT molecular complexity index is 1420. The van der Waals surface area contributed by atoms with Crippen LogP contribution in [0.15, 0.2) is 32.3 Å². The second-order valence-electron chi connectivity index (χ2n) is 13.2. The number of ether oxygens (including phenoxy) is 1. The fourth-order valence-corrected chi connectivity index (χ4v) is 6.29. The van der Waals surface area contributed by atoms with Gasteiger partial charge in [0.1, 0.15) is 11.5 Å². The summed E-state index contributed by atoms with van der Waals surface area (Å²) in [7, 11) is 3.32. The molecule has 2 atom stereocenters. The lowest BCUT2D eigenvalue weighted by Crippen LogP contribution is -2.33. The standard InChI is InChI=1S/C36H55BrFN7O2.H2S/c1-9-13-15-18-36(6,17-14-10-2)23-47-35-42-32-28(26(12-4)31(29(37)30(32)38)41-24(5)11-3)33(43-35)45-20-16-19-40-25(22-45)21-27(39)34(46)44(7)8;/h12,21,24H,9-11,13-20,22-23,39H2,1-8H3;1H2/b26-12-,27-21-,41-31?;. The number of carbonyl (C=O) groups is 1. The van der Waals surface area contributed by atoms with Crippen molar-refractivity contribution in [3.05, 3.63) is 33.6 Å². The summed E-state index contributed by atoms with van der Waals surface area (Å²) in [6.07, 6.45) is 12.9. The highest BCUT2D eigenvalue weighted by molar-refractivity contribution is 9.12. The van der Waals surface area contributed by atoms with Gasteiger partial charge in [0.25, 0.3) is 5.91 Å². The summed E-state index contributed by atoms with van der Waals surface area (Å²) >= 11 is 3.52. The molecule has 3 rings (SSSR count). The zero-order chi connectivity index (χ0) is 34.7. The highest BCUT2D eigenvalue weighted by Gasteiger charge is 2.35. The average Bonchev–Trinajstić information content (AvgIpc) is 3.30. The van der Waals surface area contributed by atoms with Gasteiger partial charge in [-0.05, 0) is 61.5 Å². The van der Waals surface area contributed by atoms with E-state index in [1.807, 2.05) is 19.9 Å². The third-order valence-electron chi connectivity index (χ3n) is 8.83. The molecular formula is C36H57BrFN7O2S. The van der Waals surface area contributed by atoms with Crippen molar-refractivity contribution in [2.24, 2.45) is 21.1 Å². The lowest BCUT2D eigenvalue weighted by Gasteiger charge is -2.31. The van der Waals surface area contributed by atoms with Gasteiger partial charge in [0.2, 0.25) is 0 Å². The van der Waals surface area contributed by atoms with E-state index < -0.39 is 5.83 Å². The van der Waals surface area contributed by atoms with Gasteiger partial charge >= 0.3 is 6.01 Å². The first-order valence-corrected chi connectivity index (χ1v) is 18.0. The van der Waals surface area contributed by atoms with E-state index in [1.165, 1.54) is 11.3 Å². The van der Waals surface area contributed by atoms with Gasteiger partial charge < -0.3 is 20.3 Å². The minimum absolute atomic E-state index is 0. The monoisotopic (exact) mass is 749 g/mol. The van der Waals surface area contributed by atoms with Gasteiger partial charge in [0.05, 0.1) is 40.3 Å². The molecule has 1 aromatic rings. The summed E-state index contributed by atoms with van der Waals surface area (Å²) < 4.78 is 23.1. The number of hydrogen-bond acceptors (Lipinski definition) is 8. The number of fused-ring (bicyclic) bond motifs is 1. The molecule has 2 aliphatic rings. The van der Waals surface area contributed by atoms with Crippen molar-refractivity contribution in [1.29, 1.82) is 0 Å². The van der Waals surface area contributed by atoms with E-state index in [2.05, 4.69) is 48.5 Å². The molecule has 0 saturated heterocycles. The third-order valence-corrected chi connectivity index (χ3v) is 9.55. The van der Waals surface area contributed by atoms with E-state index in [4.69, 9.17) is 30.4 Å². The van der Waals surface area contributed by atoms with Crippen LogP contribution < -0.4 is 15.4 Å². The molecule has 1 aromatic heterocycles. The number of hydrogen-bond donors (Lipinski definition) is 1. The van der Waals surface area contributed by atoms with E-state index in [0.29, 0.717) is 49.0 Å². The molecule has 0 radical (unpaired) electrons. The first kappa shape index (κ1) is 41.4. The van der Waals surface area contributed by atoms with E-state index in [9.17, 15) is 4.79 Å². The first-order valence-electron chi connectivity index (χ1n) is 17.2. The second kappa shape index (κ2) is 19.5. The van der Waals surface area contributed by atoms with Gasteiger partial charge in [-0.15, -0.1) is 0 Å². The average molecular weight is 751 g/mol. The Balaban J connectivity index is 0.00000800. The molecule has 0 fully saturated rings. The molecule has 2 unspecified atom stereocenters. The first-order chi connectivity index (χ1) is 22.4. The number of likely N-dealkylation sites (N-methyl/N-ethyl adjacent to an activating group) is 1. The molecule has 9 nitrogen and oxygen atoms in total. The number of amides is 1. The number of allylic oxidation sites excluding steroid dienone is 3. The summed E-state index contributed by atoms with van der Waals surface area (Å²) in [6, 6.07) is 0.132. The van der Waals surface area contributed by atoms with Gasteiger partial charge in [-0.1, -0.05) is 65.9 Å². The number of unbranched alkanes of at least 4 members (excludes halogenated alkanes) is 3. The Morgan fingerprint density at radius 1 is 1.19 bits per heavy atom. The van der Waals surface area contributed by atoms with Crippen LogP contribution in [0.4, 0.5) is 10.2 Å². The minimum atomic E-state index is -0.498. The van der Waals surface area contributed by atoms with Gasteiger partial charge in [0, 0.05) is 44.2 Å². The van der Waals surface area contributed by atoms with E-state index in [0.717, 1.165) is 56.9 Å². The predicted octanol–water partition coefficient (Wildman–Crippen LogP) is 8.02. The highest BCUT2D eigenvalue weighted by Crippen LogP contribution is 2.44. The molecule has 12 heteroatoms. The molecule has 0 aromatic carbocycles. The Morgan fingerprint density at radius 3 is 2.50 bits per heavy atom. The maximum Gasteiger partial charge on any atom is 0.319 e. The zero-order valence-electron chi connectivity index (χ0n) is 30.3. The van der Waals surface area contributed by atoms with Crippen LogP contribution in [0, 0.1) is 5.41 Å². The van der Waals surface area contributed by atoms with Crippen molar-refractivity contribution in [3.63, 3.8) is 0 Å². The lowest BCUT2D eigenvalue weighted by atomic mass is 9.81. The Kier molecular flexibility index (Phi) is 16.8. The van der Waals surface area contributed by atoms with Crippen LogP contribution in [0.1, 0.15) is 111 Å². The van der Waals surface area contributed by atoms with Crippen molar-refractivity contribution < 1.29 is 13.9 Å². The summed E-state index contributed by atoms with van der Waals surface area (Å²) in [5, 5.41) is 0. The Labute approximate surface area is 303 Å². The molecule has 2 heterocycles. The minimum Gasteiger partial charge on any atom is -0.463 e. The van der Waals surface area contributed by atoms with Crippen LogP contribution >= 0.6 is 29.4 Å². The molecular weight excluding hydrogens is 693 g/mol. The van der Waals surface area contributed by atoms with Crippen molar-refractivity contribution in [3.8, 4) is 6.01 Å². The Hall–Kier alpha value is -2.73. The van der Waals surface area contributed by atoms with Crippen LogP contribution in [0.25, 0.3) is 11.4 Å². The van der Waals surface area contributed by atoms with Crippen molar-refractivity contribution in [1.82, 2.24) is 14.9 Å². The maximum atomic E-state index is 16.4. The van der Waals surface area contributed by atoms with E-state index in [-0.39, 0.29) is 52.7 Å². The number of rotatable bonds is 15. The molecule has 1 aliphatic heterocycles. The van der Waals surface area contributed by atoms with Gasteiger partial charge in [-0.2, -0.15) is 23.5 Å². The summed E-state index contributed by atoms with van der Waals surface area (Å²) in [4.78, 5) is 35.4. The third kappa shape index (κ3) is 10.6. The maximum absolute atomic E-state index is 16.4. The van der Waals surface area contributed by atoms with Crippen molar-refractivity contribution in [2.45, 2.75) is 105 Å². The smallest absolute Gasteiger partial charge is 0.319 e. The van der Waals surface area contributed by atoms with Crippen LogP contribution in [0.2, 0.25) is 0 Å². The van der Waals surface area contributed by atoms with Crippen LogP contribution in [0.3, 0.4) is 0 Å². The van der Waals surface area contributed by atoms with Crippen molar-refractivity contribution in [2.75, 3.05) is 45.2 Å². The number of halogens is 2. The fraction of sp³-hybridized carbons (Fsp3) is 0.639. The largest absolute Gasteiger partial charge is 0.463 e. The Morgan fingerprint density at radius 2 is 1.88 bits per heavy atom. The highest BCUT2D eigenvalue weighted by atomic mass is 79.9. The number of nitrogens with zero attached hydrogens (tertiary/aromatic N) is 6. The van der Waals surface area contributed by atoms with Gasteiger partial charge in [-0.25, -0.2) is 4.39 Å². The molecule has 0 spiro atoms. The molecule has 2 N–H and O–H groups in total. The molecule has 1 aliphatic carbocycles. The van der Waals surface area contributed by atoms with Crippen molar-refractivity contribution >= 4 is 64.0 Å². The molecule has 0 bridgehead atoms. The number of aliphatic imine (C=N–C) groups is 2. The number of nitrogens with two attached hydrogens (primary N) is 1. The quantitative estimate of drug-likeness (QED) is 0.144.